The fourth-order valence-electron chi connectivity index (χ4n) is 6.05. The second-order valence-electron chi connectivity index (χ2n) is 12.0. The molecule has 3 aliphatic rings. The van der Waals surface area contributed by atoms with Gasteiger partial charge in [0, 0.05) is 24.0 Å². The average Bonchev–Trinajstić information content (AvgIpc) is 3.05. The minimum atomic E-state index is -1.70. The van der Waals surface area contributed by atoms with Gasteiger partial charge in [-0.2, -0.15) is 0 Å². The van der Waals surface area contributed by atoms with Crippen molar-refractivity contribution in [3.05, 3.63) is 53.6 Å². The number of aliphatic hydroxyl groups is 5. The maximum Gasteiger partial charge on any atom is 0.331 e. The maximum atomic E-state index is 12.6. The van der Waals surface area contributed by atoms with Gasteiger partial charge in [0.1, 0.15) is 42.2 Å². The third-order valence-corrected chi connectivity index (χ3v) is 8.59. The van der Waals surface area contributed by atoms with Crippen molar-refractivity contribution in [3.63, 3.8) is 0 Å². The molecule has 0 spiro atoms. The first-order valence-corrected chi connectivity index (χ1v) is 14.2. The van der Waals surface area contributed by atoms with Crippen molar-refractivity contribution < 1.29 is 63.9 Å². The Hall–Kier alpha value is -3.30. The van der Waals surface area contributed by atoms with Crippen LogP contribution in [0.15, 0.2) is 48.1 Å². The van der Waals surface area contributed by atoms with Gasteiger partial charge in [0.2, 0.25) is 6.29 Å². The summed E-state index contributed by atoms with van der Waals surface area (Å²) in [4.78, 5) is 23.4. The zero-order valence-electron chi connectivity index (χ0n) is 25.0. The fourth-order valence-corrected chi connectivity index (χ4v) is 6.05. The second-order valence-corrected chi connectivity index (χ2v) is 12.0. The Morgan fingerprint density at radius 2 is 1.77 bits per heavy atom. The number of carboxylic acid groups (broad SMARTS) is 1. The quantitative estimate of drug-likeness (QED) is 0.121. The van der Waals surface area contributed by atoms with Gasteiger partial charge in [0.05, 0.1) is 19.8 Å². The Bertz CT molecular complexity index is 1300. The number of carboxylic acids is 1. The number of carbonyl (C=O) groups is 2. The zero-order chi connectivity index (χ0) is 32.4. The van der Waals surface area contributed by atoms with Crippen molar-refractivity contribution >= 4 is 18.0 Å². The number of carbonyl (C=O) groups excluding carboxylic acids is 1. The molecule has 1 aromatic rings. The van der Waals surface area contributed by atoms with Gasteiger partial charge in [0.15, 0.2) is 11.5 Å². The molecule has 2 saturated heterocycles. The highest BCUT2D eigenvalue weighted by molar-refractivity contribution is 5.85. The number of allylic oxidation sites excluding steroid dienone is 2. The first kappa shape index (κ1) is 33.6. The zero-order valence-corrected chi connectivity index (χ0v) is 25.0. The first-order valence-electron chi connectivity index (χ1n) is 14.2. The van der Waals surface area contributed by atoms with Crippen molar-refractivity contribution in [2.24, 2.45) is 5.41 Å². The van der Waals surface area contributed by atoms with E-state index in [-0.39, 0.29) is 24.5 Å². The van der Waals surface area contributed by atoms with Gasteiger partial charge in [-0.15, -0.1) is 0 Å². The van der Waals surface area contributed by atoms with Gasteiger partial charge in [0.25, 0.3) is 0 Å². The molecule has 3 fully saturated rings. The van der Waals surface area contributed by atoms with E-state index < -0.39 is 72.0 Å². The van der Waals surface area contributed by atoms with E-state index in [1.807, 2.05) is 6.92 Å². The highest BCUT2D eigenvalue weighted by Gasteiger charge is 2.67. The van der Waals surface area contributed by atoms with Gasteiger partial charge in [-0.1, -0.05) is 19.1 Å². The van der Waals surface area contributed by atoms with Crippen molar-refractivity contribution in [2.75, 3.05) is 20.3 Å². The highest BCUT2D eigenvalue weighted by atomic mass is 16.7. The number of ether oxygens (including phenoxy) is 5. The minimum Gasteiger partial charge on any atom is -0.493 e. The Balaban J connectivity index is 1.39. The summed E-state index contributed by atoms with van der Waals surface area (Å²) < 4.78 is 27.8. The normalized spacial score (nSPS) is 37.3. The van der Waals surface area contributed by atoms with Crippen LogP contribution in [-0.4, -0.2) is 111 Å². The summed E-state index contributed by atoms with van der Waals surface area (Å²) in [6.45, 7) is 5.03. The van der Waals surface area contributed by atoms with E-state index >= 15 is 0 Å². The molecule has 2 aliphatic heterocycles. The van der Waals surface area contributed by atoms with E-state index in [0.29, 0.717) is 17.6 Å². The summed E-state index contributed by atoms with van der Waals surface area (Å²) in [6.07, 6.45) is -1.04. The Morgan fingerprint density at radius 3 is 2.43 bits per heavy atom. The highest BCUT2D eigenvalue weighted by Crippen LogP contribution is 2.57. The molecule has 242 valence electrons. The molecule has 2 unspecified atom stereocenters. The van der Waals surface area contributed by atoms with E-state index in [9.17, 15) is 35.1 Å². The van der Waals surface area contributed by atoms with Gasteiger partial charge < -0.3 is 54.3 Å². The molecule has 1 aliphatic carbocycles. The summed E-state index contributed by atoms with van der Waals surface area (Å²) in [5.41, 5.74) is -2.12. The van der Waals surface area contributed by atoms with Crippen LogP contribution in [0.25, 0.3) is 6.08 Å². The molecule has 2 bridgehead atoms. The Kier molecular flexibility index (Phi) is 9.90. The van der Waals surface area contributed by atoms with Crippen LogP contribution < -0.4 is 9.47 Å². The van der Waals surface area contributed by atoms with Gasteiger partial charge in [-0.25, -0.2) is 9.59 Å². The number of fused-ring (bicyclic) bond motifs is 2. The molecule has 2 heterocycles. The number of aliphatic hydroxyl groups excluding tert-OH is 4. The molecule has 0 radical (unpaired) electrons. The summed E-state index contributed by atoms with van der Waals surface area (Å²) >= 11 is 0. The van der Waals surface area contributed by atoms with Crippen LogP contribution in [0.5, 0.6) is 11.5 Å². The van der Waals surface area contributed by atoms with Crippen molar-refractivity contribution in [3.8, 4) is 11.5 Å². The molecule has 4 rings (SSSR count). The summed E-state index contributed by atoms with van der Waals surface area (Å²) in [5.74, 6) is -1.63. The summed E-state index contributed by atoms with van der Waals surface area (Å²) in [6, 6.07) is 4.48. The predicted octanol–water partition coefficient (Wildman–Crippen LogP) is 0.706. The smallest absolute Gasteiger partial charge is 0.331 e. The van der Waals surface area contributed by atoms with E-state index in [4.69, 9.17) is 28.8 Å². The van der Waals surface area contributed by atoms with Crippen LogP contribution in [0, 0.1) is 5.41 Å². The lowest BCUT2D eigenvalue weighted by atomic mass is 9.59. The second kappa shape index (κ2) is 13.0. The lowest BCUT2D eigenvalue weighted by Gasteiger charge is -2.49. The number of methoxy groups -OCH3 is 1. The number of hydrogen-bond acceptors (Lipinski definition) is 12. The third kappa shape index (κ3) is 6.69. The van der Waals surface area contributed by atoms with E-state index in [1.165, 1.54) is 37.5 Å². The molecule has 9 atom stereocenters. The molecule has 0 aromatic heterocycles. The maximum absolute atomic E-state index is 12.6. The first-order chi connectivity index (χ1) is 20.6. The Morgan fingerprint density at radius 1 is 1.05 bits per heavy atom. The molecule has 13 heteroatoms. The van der Waals surface area contributed by atoms with Crippen LogP contribution in [0.4, 0.5) is 0 Å². The topological polar surface area (TPSA) is 202 Å². The number of aliphatic carboxylic acids is 1. The minimum absolute atomic E-state index is 0.101. The molecule has 0 amide bonds. The molecule has 6 N–H and O–H groups in total. The number of hydrogen-bond donors (Lipinski definition) is 6. The third-order valence-electron chi connectivity index (χ3n) is 8.59. The molecule has 1 aromatic carbocycles. The van der Waals surface area contributed by atoms with Gasteiger partial charge in [-0.3, -0.25) is 0 Å². The monoisotopic (exact) mass is 620 g/mol. The molecule has 1 saturated carbocycles. The summed E-state index contributed by atoms with van der Waals surface area (Å²) in [5, 5.41) is 62.0. The lowest BCUT2D eigenvalue weighted by molar-refractivity contribution is -0.278. The van der Waals surface area contributed by atoms with Crippen LogP contribution in [-0.2, 0) is 23.8 Å². The van der Waals surface area contributed by atoms with Crippen molar-refractivity contribution in [1.82, 2.24) is 0 Å². The fraction of sp³-hybridized carbons (Fsp3) is 0.548. The van der Waals surface area contributed by atoms with Crippen molar-refractivity contribution in [1.29, 1.82) is 0 Å². The molecular weight excluding hydrogens is 580 g/mol. The largest absolute Gasteiger partial charge is 0.493 e. The molecular formula is C31H40O13. The average molecular weight is 621 g/mol. The number of rotatable bonds is 10. The van der Waals surface area contributed by atoms with E-state index in [2.05, 4.69) is 0 Å². The molecule has 13 nitrogen and oxygen atoms in total. The SMILES string of the molecule is COc1cc(/C=C/C(=O)O)ccc1O[C@@H]1O[C@H](COC(=O)/C=C(C)\C=C\[C@]2(O)C3(C)COC2(C)C[C@@H](O)C3)[C@@H](O)[C@H](O)[C@H]1O. The lowest BCUT2D eigenvalue weighted by Crippen LogP contribution is -2.60. The van der Waals surface area contributed by atoms with Gasteiger partial charge >= 0.3 is 11.9 Å². The van der Waals surface area contributed by atoms with Crippen LogP contribution >= 0.6 is 0 Å². The number of benzene rings is 1. The van der Waals surface area contributed by atoms with Crippen LogP contribution in [0.2, 0.25) is 0 Å². The Labute approximate surface area is 254 Å². The standard InChI is InChI=1S/C31H40O13/c1-17(9-10-31(39)29(2)13-19(32)14-30(31,3)42-16-29)11-24(35)41-15-22-25(36)26(37)27(38)28(44-22)43-20-7-5-18(6-8-23(33)34)12-21(20)40-4/h5-12,19,22,25-28,32,36-39H,13-16H2,1-4H3,(H,33,34)/b8-6+,10-9+,17-11-/t19-,22+,25+,26-,27+,28+,29?,30?,31-/m0/s1. The number of esters is 1. The molecule has 44 heavy (non-hydrogen) atoms. The predicted molar refractivity (Wildman–Crippen MR) is 153 cm³/mol. The van der Waals surface area contributed by atoms with Crippen LogP contribution in [0.3, 0.4) is 0 Å². The van der Waals surface area contributed by atoms with E-state index in [0.717, 1.165) is 6.08 Å². The van der Waals surface area contributed by atoms with Crippen molar-refractivity contribution in [2.45, 2.75) is 81.6 Å². The van der Waals surface area contributed by atoms with Gasteiger partial charge in [-0.05, 0) is 55.7 Å². The van der Waals surface area contributed by atoms with E-state index in [1.54, 1.807) is 26.0 Å². The van der Waals surface area contributed by atoms with Crippen LogP contribution in [0.1, 0.15) is 39.2 Å². The summed E-state index contributed by atoms with van der Waals surface area (Å²) in [7, 11) is 1.36.